The first-order valence-electron chi connectivity index (χ1n) is 9.39. The summed E-state index contributed by atoms with van der Waals surface area (Å²) < 4.78 is 46.6. The lowest BCUT2D eigenvalue weighted by Crippen LogP contribution is -2.30. The van der Waals surface area contributed by atoms with E-state index in [1.165, 1.54) is 19.2 Å². The van der Waals surface area contributed by atoms with Crippen LogP contribution in [0.5, 0.6) is 5.88 Å². The van der Waals surface area contributed by atoms with Crippen LogP contribution in [0.2, 0.25) is 0 Å². The molecule has 11 nitrogen and oxygen atoms in total. The number of anilines is 2. The lowest BCUT2D eigenvalue weighted by Gasteiger charge is -2.24. The maximum Gasteiger partial charge on any atom is 0.434 e. The zero-order valence-corrected chi connectivity index (χ0v) is 16.3. The number of ether oxygens (including phenoxy) is 1. The topological polar surface area (TPSA) is 127 Å². The van der Waals surface area contributed by atoms with E-state index < -0.39 is 23.3 Å². The van der Waals surface area contributed by atoms with Crippen LogP contribution < -0.4 is 15.0 Å². The smallest absolute Gasteiger partial charge is 0.434 e. The second-order valence-corrected chi connectivity index (χ2v) is 6.74. The van der Waals surface area contributed by atoms with Crippen LogP contribution in [0, 0.1) is 0 Å². The second kappa shape index (κ2) is 8.20. The number of amides is 1. The van der Waals surface area contributed by atoms with Crippen molar-refractivity contribution in [3.8, 4) is 11.7 Å². The van der Waals surface area contributed by atoms with Gasteiger partial charge in [0.05, 0.1) is 18.9 Å². The third-order valence-corrected chi connectivity index (χ3v) is 4.68. The molecule has 164 valence electrons. The van der Waals surface area contributed by atoms with Gasteiger partial charge in [0.1, 0.15) is 0 Å². The van der Waals surface area contributed by atoms with Crippen LogP contribution in [0.3, 0.4) is 0 Å². The Morgan fingerprint density at radius 1 is 1.19 bits per heavy atom. The fraction of sp³-hybridized carbons (Fsp3) is 0.412. The number of methoxy groups -OCH3 is 1. The summed E-state index contributed by atoms with van der Waals surface area (Å²) in [7, 11) is 1.35. The van der Waals surface area contributed by atoms with Crippen molar-refractivity contribution in [2.24, 2.45) is 0 Å². The number of carbonyl (C=O) groups excluding carboxylic acids is 1. The van der Waals surface area contributed by atoms with E-state index in [-0.39, 0.29) is 17.6 Å². The summed E-state index contributed by atoms with van der Waals surface area (Å²) in [5, 5.41) is 19.9. The summed E-state index contributed by atoms with van der Waals surface area (Å²) in [6.45, 7) is 1.55. The van der Waals surface area contributed by atoms with E-state index >= 15 is 0 Å². The van der Waals surface area contributed by atoms with Crippen LogP contribution in [0.4, 0.5) is 25.1 Å². The summed E-state index contributed by atoms with van der Waals surface area (Å²) >= 11 is 0. The van der Waals surface area contributed by atoms with Crippen molar-refractivity contribution in [1.82, 2.24) is 35.2 Å². The van der Waals surface area contributed by atoms with Gasteiger partial charge in [-0.25, -0.2) is 9.78 Å². The number of hydrogen-bond acceptors (Lipinski definition) is 8. The molecular weight excluding hydrogens is 419 g/mol. The van der Waals surface area contributed by atoms with Gasteiger partial charge in [0.15, 0.2) is 11.5 Å². The lowest BCUT2D eigenvalue weighted by atomic mass is 10.1. The number of aromatic nitrogens is 7. The fourth-order valence-corrected chi connectivity index (χ4v) is 3.21. The molecule has 31 heavy (non-hydrogen) atoms. The van der Waals surface area contributed by atoms with Gasteiger partial charge in [-0.2, -0.15) is 23.3 Å². The van der Waals surface area contributed by atoms with E-state index in [0.717, 1.165) is 38.5 Å². The predicted octanol–water partition coefficient (Wildman–Crippen LogP) is 2.05. The van der Waals surface area contributed by atoms with Crippen molar-refractivity contribution in [2.45, 2.75) is 25.4 Å². The van der Waals surface area contributed by atoms with E-state index in [1.54, 1.807) is 0 Å². The Kier molecular flexibility index (Phi) is 5.44. The van der Waals surface area contributed by atoms with Gasteiger partial charge in [0.2, 0.25) is 17.8 Å². The molecule has 1 aliphatic heterocycles. The number of nitrogens with one attached hydrogen (secondary N) is 2. The molecule has 14 heteroatoms. The van der Waals surface area contributed by atoms with Crippen LogP contribution in [0.1, 0.15) is 35.3 Å². The molecule has 3 aromatic heterocycles. The first-order valence-corrected chi connectivity index (χ1v) is 9.39. The summed E-state index contributed by atoms with van der Waals surface area (Å²) in [5.41, 5.74) is -1.98. The van der Waals surface area contributed by atoms with Gasteiger partial charge in [-0.1, -0.05) is 0 Å². The second-order valence-electron chi connectivity index (χ2n) is 6.74. The summed E-state index contributed by atoms with van der Waals surface area (Å²) in [6.07, 6.45) is -0.957. The van der Waals surface area contributed by atoms with Crippen molar-refractivity contribution >= 4 is 17.8 Å². The Labute approximate surface area is 173 Å². The average Bonchev–Trinajstić information content (AvgIpc) is 3.42. The predicted molar refractivity (Wildman–Crippen MR) is 101 cm³/mol. The highest BCUT2D eigenvalue weighted by molar-refractivity contribution is 6.04. The molecule has 1 amide bonds. The number of rotatable bonds is 5. The fourth-order valence-electron chi connectivity index (χ4n) is 3.21. The quantitative estimate of drug-likeness (QED) is 0.621. The van der Waals surface area contributed by atoms with Crippen molar-refractivity contribution in [1.29, 1.82) is 0 Å². The van der Waals surface area contributed by atoms with Crippen LogP contribution in [-0.4, -0.2) is 61.3 Å². The van der Waals surface area contributed by atoms with Crippen LogP contribution in [0.25, 0.3) is 5.82 Å². The zero-order valence-electron chi connectivity index (χ0n) is 16.3. The zero-order chi connectivity index (χ0) is 22.0. The SMILES string of the molecule is COc1ccc(-n2ncc(C(=O)Nc3nc(N4CCCCC4)n[nH]3)c2C(F)(F)F)nn1. The number of halogens is 3. The van der Waals surface area contributed by atoms with E-state index in [4.69, 9.17) is 4.74 Å². The minimum absolute atomic E-state index is 0.0595. The number of alkyl halides is 3. The lowest BCUT2D eigenvalue weighted by molar-refractivity contribution is -0.143. The van der Waals surface area contributed by atoms with Gasteiger partial charge in [0, 0.05) is 19.2 Å². The standard InChI is InChI=1S/C17H18F3N9O2/c1-31-12-6-5-11(24-25-12)29-13(17(18,19)20)10(9-21-29)14(30)22-15-23-16(27-26-15)28-7-3-2-4-8-28/h5-6,9H,2-4,7-8H2,1H3,(H2,22,23,26,27,30). The minimum Gasteiger partial charge on any atom is -0.480 e. The number of H-pyrrole nitrogens is 1. The number of piperidine rings is 1. The van der Waals surface area contributed by atoms with Gasteiger partial charge in [0.25, 0.3) is 5.91 Å². The van der Waals surface area contributed by atoms with Gasteiger partial charge in [-0.05, 0) is 25.3 Å². The highest BCUT2D eigenvalue weighted by Crippen LogP contribution is 2.33. The summed E-state index contributed by atoms with van der Waals surface area (Å²) in [6, 6.07) is 2.58. The Balaban J connectivity index is 1.59. The first kappa shape index (κ1) is 20.6. The highest BCUT2D eigenvalue weighted by atomic mass is 19.4. The largest absolute Gasteiger partial charge is 0.480 e. The maximum absolute atomic E-state index is 13.8. The van der Waals surface area contributed by atoms with Crippen LogP contribution in [0.15, 0.2) is 18.3 Å². The molecule has 1 saturated heterocycles. The Hall–Kier alpha value is -3.71. The molecule has 2 N–H and O–H groups in total. The number of hydrogen-bond donors (Lipinski definition) is 2. The molecule has 0 radical (unpaired) electrons. The third-order valence-electron chi connectivity index (χ3n) is 4.68. The minimum atomic E-state index is -4.88. The van der Waals surface area contributed by atoms with Crippen LogP contribution >= 0.6 is 0 Å². The molecule has 0 aliphatic carbocycles. The molecule has 0 bridgehead atoms. The van der Waals surface area contributed by atoms with Crippen molar-refractivity contribution in [3.63, 3.8) is 0 Å². The molecular formula is C17H18F3N9O2. The molecule has 0 aromatic carbocycles. The van der Waals surface area contributed by atoms with Crippen molar-refractivity contribution in [3.05, 3.63) is 29.6 Å². The van der Waals surface area contributed by atoms with E-state index in [2.05, 4.69) is 35.8 Å². The molecule has 0 atom stereocenters. The monoisotopic (exact) mass is 437 g/mol. The highest BCUT2D eigenvalue weighted by Gasteiger charge is 2.41. The average molecular weight is 437 g/mol. The molecule has 0 spiro atoms. The maximum atomic E-state index is 13.8. The van der Waals surface area contributed by atoms with E-state index in [0.29, 0.717) is 10.6 Å². The van der Waals surface area contributed by atoms with Gasteiger partial charge < -0.3 is 9.64 Å². The molecule has 4 heterocycles. The van der Waals surface area contributed by atoms with Gasteiger partial charge in [-0.3, -0.25) is 10.1 Å². The number of aromatic amines is 1. The molecule has 1 aliphatic rings. The van der Waals surface area contributed by atoms with E-state index in [1.807, 2.05) is 4.90 Å². The first-order chi connectivity index (χ1) is 14.9. The molecule has 0 unspecified atom stereocenters. The van der Waals surface area contributed by atoms with Gasteiger partial charge in [-0.15, -0.1) is 15.3 Å². The van der Waals surface area contributed by atoms with Gasteiger partial charge >= 0.3 is 6.18 Å². The summed E-state index contributed by atoms with van der Waals surface area (Å²) in [4.78, 5) is 18.7. The number of nitrogens with zero attached hydrogens (tertiary/aromatic N) is 7. The number of carbonyl (C=O) groups is 1. The Morgan fingerprint density at radius 2 is 1.97 bits per heavy atom. The van der Waals surface area contributed by atoms with Crippen LogP contribution in [-0.2, 0) is 6.18 Å². The van der Waals surface area contributed by atoms with E-state index in [9.17, 15) is 18.0 Å². The molecule has 4 rings (SSSR count). The van der Waals surface area contributed by atoms with Crippen molar-refractivity contribution in [2.75, 3.05) is 30.4 Å². The Bertz CT molecular complexity index is 1060. The molecule has 0 saturated carbocycles. The molecule has 3 aromatic rings. The third kappa shape index (κ3) is 4.27. The van der Waals surface area contributed by atoms with Crippen molar-refractivity contribution < 1.29 is 22.7 Å². The normalized spacial score (nSPS) is 14.5. The molecule has 1 fully saturated rings. The summed E-state index contributed by atoms with van der Waals surface area (Å²) in [5.74, 6) is -0.816. The Morgan fingerprint density at radius 3 is 2.61 bits per heavy atom.